The van der Waals surface area contributed by atoms with E-state index in [0.717, 1.165) is 40.8 Å². The van der Waals surface area contributed by atoms with Gasteiger partial charge in [0.2, 0.25) is 0 Å². The van der Waals surface area contributed by atoms with Crippen molar-refractivity contribution in [1.82, 2.24) is 0 Å². The maximum absolute atomic E-state index is 15.6. The third kappa shape index (κ3) is 6.45. The summed E-state index contributed by atoms with van der Waals surface area (Å²) in [5, 5.41) is 4.34. The highest BCUT2D eigenvalue weighted by atomic mass is 31.2. The average Bonchev–Trinajstić information content (AvgIpc) is 2.92. The second-order valence-corrected chi connectivity index (χ2v) is 13.6. The molecule has 204 valence electrons. The Balaban J connectivity index is 1.85. The van der Waals surface area contributed by atoms with Gasteiger partial charge < -0.3 is 19.5 Å². The second-order valence-electron chi connectivity index (χ2n) is 11.2. The van der Waals surface area contributed by atoms with E-state index in [1.54, 1.807) is 7.11 Å². The van der Waals surface area contributed by atoms with Crippen molar-refractivity contribution in [3.8, 4) is 5.75 Å². The molecule has 3 aromatic carbocycles. The van der Waals surface area contributed by atoms with Gasteiger partial charge in [-0.1, -0.05) is 57.5 Å². The molecule has 5 nitrogen and oxygen atoms in total. The van der Waals surface area contributed by atoms with Crippen molar-refractivity contribution < 1.29 is 13.8 Å². The minimum Gasteiger partial charge on any atom is -0.497 e. The number of nitrogens with zero attached hydrogens (tertiary/aromatic N) is 1. The maximum atomic E-state index is 15.6. The molecule has 0 aromatic heterocycles. The first-order valence-corrected chi connectivity index (χ1v) is 15.4. The molecular formula is C32H43N2O3P. The molecule has 0 spiro atoms. The number of methoxy groups -OCH3 is 1. The van der Waals surface area contributed by atoms with E-state index in [2.05, 4.69) is 31.0 Å². The fourth-order valence-electron chi connectivity index (χ4n) is 5.51. The lowest BCUT2D eigenvalue weighted by Crippen LogP contribution is -2.35. The van der Waals surface area contributed by atoms with Crippen LogP contribution in [0.1, 0.15) is 51.4 Å². The predicted octanol–water partition coefficient (Wildman–Crippen LogP) is 7.95. The molecule has 1 N–H and O–H groups in total. The van der Waals surface area contributed by atoms with Gasteiger partial charge in [0.05, 0.1) is 13.2 Å². The first-order valence-electron chi connectivity index (χ1n) is 13.7. The minimum absolute atomic E-state index is 0.0727. The van der Waals surface area contributed by atoms with E-state index in [0.29, 0.717) is 17.8 Å². The molecule has 0 heterocycles. The summed E-state index contributed by atoms with van der Waals surface area (Å²) >= 11 is 0. The Labute approximate surface area is 229 Å². The molecular weight excluding hydrogens is 491 g/mol. The Bertz CT molecular complexity index is 1200. The van der Waals surface area contributed by atoms with Gasteiger partial charge in [-0.25, -0.2) is 0 Å². The SMILES string of the molecule is COc1ccc([C@@H](Nc2ccccc2)[P@@](=O)(O[C@@H]2C[C@H](C)CC[C@@H]2C(C)C)c2ccc(N(C)C)cc2)cc1. The molecule has 1 aliphatic rings. The summed E-state index contributed by atoms with van der Waals surface area (Å²) in [7, 11) is 2.20. The summed E-state index contributed by atoms with van der Waals surface area (Å²) in [5.41, 5.74) is 2.86. The van der Waals surface area contributed by atoms with Crippen LogP contribution in [0.4, 0.5) is 11.4 Å². The summed E-state index contributed by atoms with van der Waals surface area (Å²) in [5.74, 6) is 1.57. The van der Waals surface area contributed by atoms with Crippen LogP contribution in [-0.2, 0) is 9.09 Å². The Morgan fingerprint density at radius 1 is 0.921 bits per heavy atom. The zero-order valence-corrected chi connectivity index (χ0v) is 24.5. The van der Waals surface area contributed by atoms with Crippen molar-refractivity contribution in [3.63, 3.8) is 0 Å². The third-order valence-electron chi connectivity index (χ3n) is 7.83. The molecule has 38 heavy (non-hydrogen) atoms. The molecule has 0 amide bonds. The molecule has 0 aliphatic heterocycles. The molecule has 1 fully saturated rings. The summed E-state index contributed by atoms with van der Waals surface area (Å²) in [6, 6.07) is 25.8. The number of ether oxygens (including phenoxy) is 1. The zero-order chi connectivity index (χ0) is 27.3. The lowest BCUT2D eigenvalue weighted by atomic mass is 9.75. The topological polar surface area (TPSA) is 50.8 Å². The van der Waals surface area contributed by atoms with Gasteiger partial charge in [0.25, 0.3) is 7.37 Å². The van der Waals surface area contributed by atoms with E-state index >= 15 is 4.57 Å². The molecule has 0 bridgehead atoms. The molecule has 0 saturated heterocycles. The number of rotatable bonds is 10. The van der Waals surface area contributed by atoms with Crippen LogP contribution in [0, 0.1) is 17.8 Å². The summed E-state index contributed by atoms with van der Waals surface area (Å²) in [4.78, 5) is 2.05. The van der Waals surface area contributed by atoms with Gasteiger partial charge in [-0.3, -0.25) is 4.57 Å². The number of benzene rings is 3. The molecule has 5 atom stereocenters. The van der Waals surface area contributed by atoms with Gasteiger partial charge in [0.1, 0.15) is 11.5 Å². The van der Waals surface area contributed by atoms with Crippen molar-refractivity contribution >= 4 is 24.0 Å². The summed E-state index contributed by atoms with van der Waals surface area (Å²) < 4.78 is 28.0. The van der Waals surface area contributed by atoms with E-state index in [4.69, 9.17) is 9.26 Å². The Hall–Kier alpha value is -2.75. The van der Waals surface area contributed by atoms with Crippen molar-refractivity contribution in [2.45, 2.75) is 51.9 Å². The lowest BCUT2D eigenvalue weighted by Gasteiger charge is -2.41. The van der Waals surface area contributed by atoms with Crippen LogP contribution < -0.4 is 20.3 Å². The van der Waals surface area contributed by atoms with Crippen LogP contribution in [-0.4, -0.2) is 27.3 Å². The van der Waals surface area contributed by atoms with Crippen molar-refractivity contribution in [1.29, 1.82) is 0 Å². The van der Waals surface area contributed by atoms with Crippen LogP contribution in [0.15, 0.2) is 78.9 Å². The number of anilines is 2. The number of para-hydroxylation sites is 1. The summed E-state index contributed by atoms with van der Waals surface area (Å²) in [6.07, 6.45) is 3.14. The fraction of sp³-hybridized carbons (Fsp3) is 0.438. The minimum atomic E-state index is -3.49. The Morgan fingerprint density at radius 3 is 2.16 bits per heavy atom. The van der Waals surface area contributed by atoms with Gasteiger partial charge in [0, 0.05) is 30.8 Å². The molecule has 3 aromatic rings. The largest absolute Gasteiger partial charge is 0.497 e. The summed E-state index contributed by atoms with van der Waals surface area (Å²) in [6.45, 7) is 6.81. The number of hydrogen-bond donors (Lipinski definition) is 1. The van der Waals surface area contributed by atoms with E-state index in [1.165, 1.54) is 6.42 Å². The number of hydrogen-bond acceptors (Lipinski definition) is 5. The Morgan fingerprint density at radius 2 is 1.58 bits per heavy atom. The Kier molecular flexibility index (Phi) is 9.23. The molecule has 6 heteroatoms. The van der Waals surface area contributed by atoms with Crippen LogP contribution in [0.5, 0.6) is 5.75 Å². The molecule has 1 saturated carbocycles. The van der Waals surface area contributed by atoms with Crippen molar-refractivity contribution in [3.05, 3.63) is 84.4 Å². The molecule has 0 radical (unpaired) electrons. The first-order chi connectivity index (χ1) is 18.2. The van der Waals surface area contributed by atoms with Gasteiger partial charge in [-0.2, -0.15) is 0 Å². The van der Waals surface area contributed by atoms with E-state index < -0.39 is 13.2 Å². The lowest BCUT2D eigenvalue weighted by molar-refractivity contribution is 0.0489. The quantitative estimate of drug-likeness (QED) is 0.268. The normalized spacial score (nSPS) is 21.9. The smallest absolute Gasteiger partial charge is 0.258 e. The van der Waals surface area contributed by atoms with Crippen LogP contribution in [0.25, 0.3) is 0 Å². The van der Waals surface area contributed by atoms with Crippen LogP contribution in [0.2, 0.25) is 0 Å². The highest BCUT2D eigenvalue weighted by Gasteiger charge is 2.43. The van der Waals surface area contributed by atoms with Crippen molar-refractivity contribution in [2.24, 2.45) is 17.8 Å². The molecule has 1 aliphatic carbocycles. The van der Waals surface area contributed by atoms with Gasteiger partial charge in [0.15, 0.2) is 0 Å². The predicted molar refractivity (Wildman–Crippen MR) is 160 cm³/mol. The van der Waals surface area contributed by atoms with Crippen molar-refractivity contribution in [2.75, 3.05) is 31.4 Å². The molecule has 0 unspecified atom stereocenters. The van der Waals surface area contributed by atoms with Crippen LogP contribution in [0.3, 0.4) is 0 Å². The van der Waals surface area contributed by atoms with Crippen LogP contribution >= 0.6 is 7.37 Å². The molecule has 4 rings (SSSR count). The van der Waals surface area contributed by atoms with E-state index in [9.17, 15) is 0 Å². The van der Waals surface area contributed by atoms with E-state index in [-0.39, 0.29) is 6.10 Å². The standard InChI is InChI=1S/C32H43N2O3P/c1-23(2)30-21-12-24(3)22-31(30)37-38(35,29-19-15-27(16-20-29)34(4)5)32(33-26-10-8-7-9-11-26)25-13-17-28(36-6)18-14-25/h7-11,13-20,23-24,30-33H,12,21-22H2,1-6H3/t24-,30-,31-,32+,38+/m1/s1. The highest BCUT2D eigenvalue weighted by molar-refractivity contribution is 7.67. The van der Waals surface area contributed by atoms with Gasteiger partial charge in [-0.15, -0.1) is 0 Å². The zero-order valence-electron chi connectivity index (χ0n) is 23.6. The van der Waals surface area contributed by atoms with Gasteiger partial charge in [-0.05, 0) is 84.7 Å². The highest BCUT2D eigenvalue weighted by Crippen LogP contribution is 2.61. The average molecular weight is 535 g/mol. The van der Waals surface area contributed by atoms with Gasteiger partial charge >= 0.3 is 0 Å². The van der Waals surface area contributed by atoms with E-state index in [1.807, 2.05) is 93.0 Å². The maximum Gasteiger partial charge on any atom is 0.258 e. The fourth-order valence-corrected chi connectivity index (χ4v) is 8.14. The third-order valence-corrected chi connectivity index (χ3v) is 10.5. The number of nitrogens with one attached hydrogen (secondary N) is 1. The monoisotopic (exact) mass is 534 g/mol. The first kappa shape index (κ1) is 28.3. The second kappa shape index (κ2) is 12.4.